The number of alkyl halides is 1. The third kappa shape index (κ3) is 9.18. The molecule has 0 aromatic rings. The highest BCUT2D eigenvalue weighted by Crippen LogP contribution is 2.09. The molecule has 0 saturated carbocycles. The van der Waals surface area contributed by atoms with Crippen molar-refractivity contribution in [1.82, 2.24) is 0 Å². The van der Waals surface area contributed by atoms with E-state index in [0.29, 0.717) is 12.2 Å². The molecule has 0 aliphatic heterocycles. The van der Waals surface area contributed by atoms with E-state index in [2.05, 4.69) is 43.6 Å². The molecule has 0 unspecified atom stereocenters. The third-order valence-electron chi connectivity index (χ3n) is 1.67. The van der Waals surface area contributed by atoms with E-state index in [9.17, 15) is 0 Å². The first-order valence-corrected chi connectivity index (χ1v) is 8.31. The maximum atomic E-state index is 5.81. The van der Waals surface area contributed by atoms with Gasteiger partial charge in [-0.1, -0.05) is 22.4 Å². The van der Waals surface area contributed by atoms with Gasteiger partial charge in [0.15, 0.2) is 0 Å². The van der Waals surface area contributed by atoms with E-state index >= 15 is 0 Å². The molecule has 0 aliphatic rings. The quantitative estimate of drug-likeness (QED) is 0.387. The van der Waals surface area contributed by atoms with Crippen LogP contribution < -0.4 is 0 Å². The van der Waals surface area contributed by atoms with E-state index in [1.165, 1.54) is 12.8 Å². The van der Waals surface area contributed by atoms with Gasteiger partial charge in [-0.3, -0.25) is 0 Å². The van der Waals surface area contributed by atoms with Crippen LogP contribution in [0.1, 0.15) is 40.5 Å². The molecule has 0 fully saturated rings. The van der Waals surface area contributed by atoms with Crippen molar-refractivity contribution in [2.75, 3.05) is 5.33 Å². The van der Waals surface area contributed by atoms with E-state index in [1.807, 2.05) is 0 Å². The first-order valence-electron chi connectivity index (χ1n) is 5.43. The molecule has 0 aromatic heterocycles. The zero-order valence-corrected chi connectivity index (χ0v) is 12.5. The fraction of sp³-hybridized carbons (Fsp3) is 1.00. The molecule has 0 radical (unpaired) electrons. The van der Waals surface area contributed by atoms with Gasteiger partial charge in [0, 0.05) is 17.5 Å². The van der Waals surface area contributed by atoms with Crippen molar-refractivity contribution in [2.45, 2.75) is 58.8 Å². The van der Waals surface area contributed by atoms with Gasteiger partial charge in [0.05, 0.1) is 0 Å². The minimum Gasteiger partial charge on any atom is -0.394 e. The van der Waals surface area contributed by atoms with Crippen LogP contribution in [0.4, 0.5) is 0 Å². The summed E-state index contributed by atoms with van der Waals surface area (Å²) in [4.78, 5) is 0. The highest BCUT2D eigenvalue weighted by atomic mass is 79.9. The summed E-state index contributed by atoms with van der Waals surface area (Å²) in [5.74, 6) is 0. The molecular formula is C10H23BrO2Si. The molecule has 0 saturated heterocycles. The molecule has 0 atom stereocenters. The average Bonchev–Trinajstić information content (AvgIpc) is 2.02. The van der Waals surface area contributed by atoms with Crippen molar-refractivity contribution in [1.29, 1.82) is 0 Å². The molecule has 0 rings (SSSR count). The summed E-state index contributed by atoms with van der Waals surface area (Å²) in [7, 11) is -1.40. The third-order valence-corrected chi connectivity index (χ3v) is 4.81. The second-order valence-electron chi connectivity index (χ2n) is 3.98. The SMILES string of the molecule is CC(C)O[SiH](CCCCBr)OC(C)C. The Morgan fingerprint density at radius 1 is 1.00 bits per heavy atom. The summed E-state index contributed by atoms with van der Waals surface area (Å²) in [6.45, 7) is 8.31. The Bertz CT molecular complexity index is 121. The van der Waals surface area contributed by atoms with Crippen LogP contribution in [0.15, 0.2) is 0 Å². The van der Waals surface area contributed by atoms with Crippen LogP contribution in [0.5, 0.6) is 0 Å². The first kappa shape index (κ1) is 14.6. The topological polar surface area (TPSA) is 18.5 Å². The van der Waals surface area contributed by atoms with Gasteiger partial charge in [0.1, 0.15) is 0 Å². The normalized spacial score (nSPS) is 12.0. The van der Waals surface area contributed by atoms with Gasteiger partial charge < -0.3 is 8.85 Å². The van der Waals surface area contributed by atoms with E-state index in [-0.39, 0.29) is 0 Å². The zero-order chi connectivity index (χ0) is 11.0. The Morgan fingerprint density at radius 3 is 1.86 bits per heavy atom. The van der Waals surface area contributed by atoms with Crippen molar-refractivity contribution in [3.05, 3.63) is 0 Å². The van der Waals surface area contributed by atoms with Crippen molar-refractivity contribution in [3.63, 3.8) is 0 Å². The summed E-state index contributed by atoms with van der Waals surface area (Å²) >= 11 is 3.43. The first-order chi connectivity index (χ1) is 6.56. The number of unbranched alkanes of at least 4 members (excludes halogenated alkanes) is 1. The van der Waals surface area contributed by atoms with Gasteiger partial charge in [-0.15, -0.1) is 0 Å². The van der Waals surface area contributed by atoms with Crippen molar-refractivity contribution < 1.29 is 8.85 Å². The van der Waals surface area contributed by atoms with Crippen molar-refractivity contribution in [3.8, 4) is 0 Å². The summed E-state index contributed by atoms with van der Waals surface area (Å²) in [6.07, 6.45) is 3.03. The fourth-order valence-electron chi connectivity index (χ4n) is 1.18. The van der Waals surface area contributed by atoms with Crippen LogP contribution in [0.2, 0.25) is 6.04 Å². The van der Waals surface area contributed by atoms with Crippen LogP contribution in [0.3, 0.4) is 0 Å². The van der Waals surface area contributed by atoms with E-state index in [0.717, 1.165) is 11.4 Å². The van der Waals surface area contributed by atoms with Crippen LogP contribution in [-0.2, 0) is 8.85 Å². The molecule has 0 spiro atoms. The van der Waals surface area contributed by atoms with Crippen LogP contribution >= 0.6 is 15.9 Å². The van der Waals surface area contributed by atoms with Crippen LogP contribution in [0.25, 0.3) is 0 Å². The van der Waals surface area contributed by atoms with Crippen molar-refractivity contribution >= 4 is 25.2 Å². The predicted molar refractivity (Wildman–Crippen MR) is 67.4 cm³/mol. The molecule has 0 heterocycles. The Hall–Kier alpha value is 0.617. The fourth-order valence-corrected chi connectivity index (χ4v) is 3.75. The Balaban J connectivity index is 3.72. The Kier molecular flexibility index (Phi) is 9.28. The lowest BCUT2D eigenvalue weighted by Crippen LogP contribution is -2.29. The molecule has 0 aromatic carbocycles. The second-order valence-corrected chi connectivity index (χ2v) is 6.76. The van der Waals surface area contributed by atoms with E-state index < -0.39 is 9.28 Å². The molecule has 0 aliphatic carbocycles. The maximum Gasteiger partial charge on any atom is 0.321 e. The smallest absolute Gasteiger partial charge is 0.321 e. The van der Waals surface area contributed by atoms with Gasteiger partial charge in [0.2, 0.25) is 0 Å². The second kappa shape index (κ2) is 8.89. The van der Waals surface area contributed by atoms with Crippen molar-refractivity contribution in [2.24, 2.45) is 0 Å². The largest absolute Gasteiger partial charge is 0.394 e. The van der Waals surface area contributed by atoms with Gasteiger partial charge in [-0.05, 0) is 40.2 Å². The Labute approximate surface area is 98.3 Å². The molecule has 86 valence electrons. The molecule has 2 nitrogen and oxygen atoms in total. The lowest BCUT2D eigenvalue weighted by molar-refractivity contribution is 0.129. The van der Waals surface area contributed by atoms with Crippen LogP contribution in [-0.4, -0.2) is 26.8 Å². The number of hydrogen-bond donors (Lipinski definition) is 0. The van der Waals surface area contributed by atoms with Gasteiger partial charge in [0.25, 0.3) is 0 Å². The monoisotopic (exact) mass is 282 g/mol. The maximum absolute atomic E-state index is 5.81. The summed E-state index contributed by atoms with van der Waals surface area (Å²) in [5.41, 5.74) is 0. The van der Waals surface area contributed by atoms with Crippen LogP contribution in [0, 0.1) is 0 Å². The minimum absolute atomic E-state index is 0.300. The number of halogens is 1. The zero-order valence-electron chi connectivity index (χ0n) is 9.75. The average molecular weight is 283 g/mol. The molecule has 0 amide bonds. The highest BCUT2D eigenvalue weighted by molar-refractivity contribution is 9.09. The molecule has 0 N–H and O–H groups in total. The van der Waals surface area contributed by atoms with Gasteiger partial charge >= 0.3 is 9.28 Å². The lowest BCUT2D eigenvalue weighted by atomic mass is 10.4. The summed E-state index contributed by atoms with van der Waals surface area (Å²) < 4.78 is 11.6. The molecule has 14 heavy (non-hydrogen) atoms. The van der Waals surface area contributed by atoms with Gasteiger partial charge in [-0.25, -0.2) is 0 Å². The lowest BCUT2D eigenvalue weighted by Gasteiger charge is -2.21. The van der Waals surface area contributed by atoms with E-state index in [1.54, 1.807) is 0 Å². The molecule has 4 heteroatoms. The van der Waals surface area contributed by atoms with E-state index in [4.69, 9.17) is 8.85 Å². The predicted octanol–water partition coefficient (Wildman–Crippen LogP) is 3.23. The summed E-state index contributed by atoms with van der Waals surface area (Å²) in [6, 6.07) is 1.13. The minimum atomic E-state index is -1.40. The summed E-state index contributed by atoms with van der Waals surface area (Å²) in [5, 5.41) is 1.08. The molecular weight excluding hydrogens is 260 g/mol. The Morgan fingerprint density at radius 2 is 1.50 bits per heavy atom. The number of rotatable bonds is 8. The van der Waals surface area contributed by atoms with Gasteiger partial charge in [-0.2, -0.15) is 0 Å². The number of hydrogen-bond acceptors (Lipinski definition) is 2. The highest BCUT2D eigenvalue weighted by Gasteiger charge is 2.16. The standard InChI is InChI=1S/C10H23BrO2Si/c1-9(2)12-14(13-10(3)4)8-6-5-7-11/h9-10,14H,5-8H2,1-4H3. The molecule has 0 bridgehead atoms.